The number of fused-ring (bicyclic) bond motifs is 1. The Morgan fingerprint density at radius 1 is 1.29 bits per heavy atom. The van der Waals surface area contributed by atoms with E-state index in [1.54, 1.807) is 7.11 Å². The SMILES string of the molecule is CCC1=CC(C)(CC)Nc2cc(OC)ccc21. The third-order valence-electron chi connectivity index (χ3n) is 3.60. The molecule has 0 saturated heterocycles. The molecule has 0 radical (unpaired) electrons. The summed E-state index contributed by atoms with van der Waals surface area (Å²) in [5.41, 5.74) is 3.98. The van der Waals surface area contributed by atoms with E-state index in [4.69, 9.17) is 4.74 Å². The number of hydrogen-bond acceptors (Lipinski definition) is 2. The van der Waals surface area contributed by atoms with Gasteiger partial charge in [0.1, 0.15) is 5.75 Å². The van der Waals surface area contributed by atoms with Crippen molar-refractivity contribution in [2.24, 2.45) is 0 Å². The van der Waals surface area contributed by atoms with Gasteiger partial charge in [0.2, 0.25) is 0 Å². The van der Waals surface area contributed by atoms with Crippen LogP contribution in [0.3, 0.4) is 0 Å². The Labute approximate surface area is 104 Å². The average Bonchev–Trinajstić information content (AvgIpc) is 2.36. The molecule has 1 aliphatic rings. The molecule has 2 heteroatoms. The number of ether oxygens (including phenoxy) is 1. The zero-order chi connectivity index (χ0) is 12.5. The summed E-state index contributed by atoms with van der Waals surface area (Å²) in [5, 5.41) is 3.61. The average molecular weight is 231 g/mol. The highest BCUT2D eigenvalue weighted by atomic mass is 16.5. The molecule has 0 bridgehead atoms. The number of anilines is 1. The van der Waals surface area contributed by atoms with Crippen LogP contribution in [0.15, 0.2) is 24.3 Å². The Kier molecular flexibility index (Phi) is 3.14. The smallest absolute Gasteiger partial charge is 0.120 e. The van der Waals surface area contributed by atoms with Gasteiger partial charge in [-0.15, -0.1) is 0 Å². The molecule has 0 spiro atoms. The zero-order valence-corrected chi connectivity index (χ0v) is 11.1. The maximum atomic E-state index is 5.29. The van der Waals surface area contributed by atoms with E-state index in [-0.39, 0.29) is 5.54 Å². The molecule has 2 rings (SSSR count). The minimum absolute atomic E-state index is 0.0602. The number of hydrogen-bond donors (Lipinski definition) is 1. The largest absolute Gasteiger partial charge is 0.497 e. The third-order valence-corrected chi connectivity index (χ3v) is 3.60. The standard InChI is InChI=1S/C15H21NO/c1-5-11-10-15(3,6-2)16-14-9-12(17-4)7-8-13(11)14/h7-10,16H,5-6H2,1-4H3. The summed E-state index contributed by atoms with van der Waals surface area (Å²) in [7, 11) is 1.71. The van der Waals surface area contributed by atoms with Gasteiger partial charge in [-0.05, 0) is 37.5 Å². The van der Waals surface area contributed by atoms with Crippen LogP contribution in [0.1, 0.15) is 39.2 Å². The topological polar surface area (TPSA) is 21.3 Å². The highest BCUT2D eigenvalue weighted by molar-refractivity contribution is 5.81. The van der Waals surface area contributed by atoms with E-state index in [0.717, 1.165) is 18.6 Å². The summed E-state index contributed by atoms with van der Waals surface area (Å²) in [5.74, 6) is 0.909. The molecule has 1 N–H and O–H groups in total. The molecule has 1 aliphatic heterocycles. The van der Waals surface area contributed by atoms with E-state index < -0.39 is 0 Å². The molecular weight excluding hydrogens is 210 g/mol. The molecule has 92 valence electrons. The fourth-order valence-corrected chi connectivity index (χ4v) is 2.32. The van der Waals surface area contributed by atoms with Crippen molar-refractivity contribution in [3.63, 3.8) is 0 Å². The summed E-state index contributed by atoms with van der Waals surface area (Å²) in [6.45, 7) is 6.66. The lowest BCUT2D eigenvalue weighted by Crippen LogP contribution is -2.34. The van der Waals surface area contributed by atoms with Gasteiger partial charge < -0.3 is 10.1 Å². The number of benzene rings is 1. The molecule has 0 amide bonds. The molecule has 0 aliphatic carbocycles. The maximum Gasteiger partial charge on any atom is 0.120 e. The molecule has 0 fully saturated rings. The Bertz CT molecular complexity index is 450. The van der Waals surface area contributed by atoms with Crippen LogP contribution in [0.5, 0.6) is 5.75 Å². The highest BCUT2D eigenvalue weighted by Crippen LogP contribution is 2.38. The number of allylic oxidation sites excluding steroid dienone is 1. The summed E-state index contributed by atoms with van der Waals surface area (Å²) < 4.78 is 5.29. The van der Waals surface area contributed by atoms with Crippen LogP contribution in [0.4, 0.5) is 5.69 Å². The maximum absolute atomic E-state index is 5.29. The highest BCUT2D eigenvalue weighted by Gasteiger charge is 2.26. The van der Waals surface area contributed by atoms with Gasteiger partial charge >= 0.3 is 0 Å². The van der Waals surface area contributed by atoms with Gasteiger partial charge in [0.15, 0.2) is 0 Å². The van der Waals surface area contributed by atoms with Gasteiger partial charge in [0.25, 0.3) is 0 Å². The third kappa shape index (κ3) is 2.17. The summed E-state index contributed by atoms with van der Waals surface area (Å²) in [6, 6.07) is 6.26. The van der Waals surface area contributed by atoms with Crippen molar-refractivity contribution < 1.29 is 4.74 Å². The molecule has 1 atom stereocenters. The fourth-order valence-electron chi connectivity index (χ4n) is 2.32. The van der Waals surface area contributed by atoms with E-state index in [9.17, 15) is 0 Å². The number of nitrogens with one attached hydrogen (secondary N) is 1. The van der Waals surface area contributed by atoms with Crippen molar-refractivity contribution >= 4 is 11.3 Å². The van der Waals surface area contributed by atoms with Gasteiger partial charge in [0, 0.05) is 17.3 Å². The Hall–Kier alpha value is -1.44. The van der Waals surface area contributed by atoms with Crippen LogP contribution in [0.2, 0.25) is 0 Å². The normalized spacial score (nSPS) is 22.5. The quantitative estimate of drug-likeness (QED) is 0.846. The van der Waals surface area contributed by atoms with Crippen LogP contribution >= 0.6 is 0 Å². The lowest BCUT2D eigenvalue weighted by molar-refractivity contribution is 0.414. The van der Waals surface area contributed by atoms with Crippen molar-refractivity contribution in [3.05, 3.63) is 29.8 Å². The van der Waals surface area contributed by atoms with Gasteiger partial charge in [0.05, 0.1) is 12.6 Å². The van der Waals surface area contributed by atoms with Crippen molar-refractivity contribution in [3.8, 4) is 5.75 Å². The van der Waals surface area contributed by atoms with Crippen LogP contribution in [0, 0.1) is 0 Å². The first kappa shape index (κ1) is 12.0. The number of methoxy groups -OCH3 is 1. The van der Waals surface area contributed by atoms with Crippen molar-refractivity contribution in [2.75, 3.05) is 12.4 Å². The van der Waals surface area contributed by atoms with E-state index in [1.807, 2.05) is 6.07 Å². The first-order valence-corrected chi connectivity index (χ1v) is 6.30. The summed E-state index contributed by atoms with van der Waals surface area (Å²) >= 11 is 0. The van der Waals surface area contributed by atoms with Crippen LogP contribution in [-0.2, 0) is 0 Å². The molecular formula is C15H21NO. The predicted octanol–water partition coefficient (Wildman–Crippen LogP) is 4.08. The molecule has 2 nitrogen and oxygen atoms in total. The molecule has 17 heavy (non-hydrogen) atoms. The summed E-state index contributed by atoms with van der Waals surface area (Å²) in [6.07, 6.45) is 4.51. The van der Waals surface area contributed by atoms with E-state index in [1.165, 1.54) is 16.8 Å². The number of rotatable bonds is 3. The van der Waals surface area contributed by atoms with Crippen LogP contribution in [-0.4, -0.2) is 12.6 Å². The van der Waals surface area contributed by atoms with Gasteiger partial charge in [-0.25, -0.2) is 0 Å². The lowest BCUT2D eigenvalue weighted by Gasteiger charge is -2.34. The molecule has 1 aromatic rings. The summed E-state index contributed by atoms with van der Waals surface area (Å²) in [4.78, 5) is 0. The second kappa shape index (κ2) is 4.44. The van der Waals surface area contributed by atoms with Gasteiger partial charge in [-0.3, -0.25) is 0 Å². The van der Waals surface area contributed by atoms with Crippen molar-refractivity contribution in [2.45, 2.75) is 39.2 Å². The van der Waals surface area contributed by atoms with Crippen LogP contribution in [0.25, 0.3) is 5.57 Å². The van der Waals surface area contributed by atoms with Crippen LogP contribution < -0.4 is 10.1 Å². The zero-order valence-electron chi connectivity index (χ0n) is 11.1. The predicted molar refractivity (Wildman–Crippen MR) is 73.6 cm³/mol. The van der Waals surface area contributed by atoms with Crippen molar-refractivity contribution in [1.29, 1.82) is 0 Å². The van der Waals surface area contributed by atoms with Gasteiger partial charge in [-0.1, -0.05) is 19.9 Å². The first-order chi connectivity index (χ1) is 8.11. The second-order valence-electron chi connectivity index (χ2n) is 4.83. The minimum Gasteiger partial charge on any atom is -0.497 e. The minimum atomic E-state index is 0.0602. The molecule has 1 unspecified atom stereocenters. The Balaban J connectivity index is 2.49. The first-order valence-electron chi connectivity index (χ1n) is 6.30. The van der Waals surface area contributed by atoms with Crippen molar-refractivity contribution in [1.82, 2.24) is 0 Å². The van der Waals surface area contributed by atoms with Gasteiger partial charge in [-0.2, -0.15) is 0 Å². The Morgan fingerprint density at radius 2 is 2.06 bits per heavy atom. The lowest BCUT2D eigenvalue weighted by atomic mass is 9.86. The second-order valence-corrected chi connectivity index (χ2v) is 4.83. The monoisotopic (exact) mass is 231 g/mol. The van der Waals surface area contributed by atoms with E-state index in [0.29, 0.717) is 0 Å². The molecule has 1 aromatic carbocycles. The molecule has 0 aromatic heterocycles. The molecule has 0 saturated carbocycles. The fraction of sp³-hybridized carbons (Fsp3) is 0.467. The molecule has 1 heterocycles. The van der Waals surface area contributed by atoms with E-state index >= 15 is 0 Å². The Morgan fingerprint density at radius 3 is 2.65 bits per heavy atom. The van der Waals surface area contributed by atoms with E-state index in [2.05, 4.69) is 44.3 Å².